The van der Waals surface area contributed by atoms with Gasteiger partial charge in [0.25, 0.3) is 17.7 Å². The molecule has 5 fully saturated rings. The van der Waals surface area contributed by atoms with Crippen molar-refractivity contribution >= 4 is 52.6 Å². The van der Waals surface area contributed by atoms with Crippen LogP contribution in [-0.2, 0) is 9.59 Å². The second-order valence-electron chi connectivity index (χ2n) is 16.5. The number of rotatable bonds is 8. The molecule has 9 rings (SSSR count). The van der Waals surface area contributed by atoms with Crippen molar-refractivity contribution in [1.29, 1.82) is 5.26 Å². The Balaban J connectivity index is 0.727. The fourth-order valence-electron chi connectivity index (χ4n) is 9.85. The zero-order valence-electron chi connectivity index (χ0n) is 32.2. The van der Waals surface area contributed by atoms with Gasteiger partial charge in [0.1, 0.15) is 23.7 Å². The van der Waals surface area contributed by atoms with Crippen LogP contribution in [0.5, 0.6) is 5.75 Å². The molecule has 2 saturated carbocycles. The molecule has 2 aromatic carbocycles. The molecule has 15 nitrogen and oxygen atoms in total. The van der Waals surface area contributed by atoms with Crippen LogP contribution in [0.15, 0.2) is 42.5 Å². The summed E-state index contributed by atoms with van der Waals surface area (Å²) < 4.78 is 21.6. The number of carbonyl (C=O) groups excluding carboxylic acids is 5. The van der Waals surface area contributed by atoms with Gasteiger partial charge < -0.3 is 19.9 Å². The molecule has 0 bridgehead atoms. The molecule has 0 radical (unpaired) electrons. The Morgan fingerprint density at radius 2 is 1.59 bits per heavy atom. The summed E-state index contributed by atoms with van der Waals surface area (Å²) in [6, 6.07) is 12.6. The predicted octanol–water partition coefficient (Wildman–Crippen LogP) is 3.70. The summed E-state index contributed by atoms with van der Waals surface area (Å²) in [6.45, 7) is 4.58. The van der Waals surface area contributed by atoms with E-state index in [1.807, 2.05) is 17.0 Å². The first-order chi connectivity index (χ1) is 28.5. The molecule has 2 aliphatic carbocycles. The van der Waals surface area contributed by atoms with Crippen molar-refractivity contribution in [3.8, 4) is 11.8 Å². The van der Waals surface area contributed by atoms with Gasteiger partial charge in [0.15, 0.2) is 11.5 Å². The van der Waals surface area contributed by atoms with Gasteiger partial charge in [0.2, 0.25) is 11.8 Å². The van der Waals surface area contributed by atoms with Crippen molar-refractivity contribution in [2.45, 2.75) is 75.6 Å². The summed E-state index contributed by atoms with van der Waals surface area (Å²) in [5.41, 5.74) is 1.00. The van der Waals surface area contributed by atoms with E-state index in [0.29, 0.717) is 53.0 Å². The molecule has 306 valence electrons. The Labute approximate surface area is 344 Å². The minimum atomic E-state index is -1.10. The largest absolute Gasteiger partial charge is 0.490 e. The van der Waals surface area contributed by atoms with Gasteiger partial charge in [-0.15, -0.1) is 10.2 Å². The first-order valence-corrected chi connectivity index (χ1v) is 20.7. The monoisotopic (exact) mass is 823 g/mol. The number of piperidine rings is 1. The van der Waals surface area contributed by atoms with Gasteiger partial charge in [0.05, 0.1) is 33.5 Å². The molecule has 1 aromatic heterocycles. The Bertz CT molecular complexity index is 2240. The third kappa shape index (κ3) is 7.57. The Morgan fingerprint density at radius 3 is 2.24 bits per heavy atom. The Hall–Kier alpha value is -5.66. The third-order valence-electron chi connectivity index (χ3n) is 13.0. The predicted molar refractivity (Wildman–Crippen MR) is 211 cm³/mol. The number of carbonyl (C=O) groups is 5. The average molecular weight is 824 g/mol. The van der Waals surface area contributed by atoms with Crippen LogP contribution >= 0.6 is 11.6 Å². The summed E-state index contributed by atoms with van der Waals surface area (Å²) in [5.74, 6) is -1.24. The molecule has 17 heteroatoms. The van der Waals surface area contributed by atoms with Crippen LogP contribution in [0, 0.1) is 29.0 Å². The number of nitrogens with zero attached hydrogens (tertiary/aromatic N) is 7. The van der Waals surface area contributed by atoms with E-state index in [0.717, 1.165) is 81.5 Å². The minimum Gasteiger partial charge on any atom is -0.490 e. The molecule has 4 aliphatic heterocycles. The van der Waals surface area contributed by atoms with Crippen LogP contribution in [0.1, 0.15) is 88.1 Å². The van der Waals surface area contributed by atoms with Gasteiger partial charge in [-0.1, -0.05) is 11.6 Å². The van der Waals surface area contributed by atoms with Crippen LogP contribution in [-0.4, -0.2) is 113 Å². The zero-order valence-corrected chi connectivity index (χ0v) is 33.0. The molecule has 2 N–H and O–H groups in total. The van der Waals surface area contributed by atoms with E-state index < -0.39 is 35.5 Å². The van der Waals surface area contributed by atoms with E-state index in [1.54, 1.807) is 24.3 Å². The SMILES string of the molecule is N#Cc1ccc(OC2CCC(NC(=O)c3ccc(N4CCN(C5C[C@@H]6CN(c7cc8c(cc7F)C(=O)N(C7CCC(=O)NC7=O)C8=O)C[C@@H]6C5)CC4)nn3)CC2)cc1Cl. The molecular formula is C42H43ClFN9O6. The number of ether oxygens (including phenoxy) is 1. The van der Waals surface area contributed by atoms with Gasteiger partial charge >= 0.3 is 0 Å². The fourth-order valence-corrected chi connectivity index (χ4v) is 10.1. The number of halogens is 2. The lowest BCUT2D eigenvalue weighted by atomic mass is 9.93. The Morgan fingerprint density at radius 1 is 0.881 bits per heavy atom. The second kappa shape index (κ2) is 15.8. The highest BCUT2D eigenvalue weighted by molar-refractivity contribution is 6.31. The minimum absolute atomic E-state index is 0.00508. The smallest absolute Gasteiger partial charge is 0.272 e. The maximum Gasteiger partial charge on any atom is 0.272 e. The molecule has 59 heavy (non-hydrogen) atoms. The number of amides is 5. The number of hydrogen-bond acceptors (Lipinski definition) is 12. The van der Waals surface area contributed by atoms with Crippen molar-refractivity contribution in [2.75, 3.05) is 49.1 Å². The number of nitrogens with one attached hydrogen (secondary N) is 2. The zero-order chi connectivity index (χ0) is 40.9. The van der Waals surface area contributed by atoms with E-state index in [4.69, 9.17) is 21.6 Å². The summed E-state index contributed by atoms with van der Waals surface area (Å²) in [5, 5.41) is 23.4. The van der Waals surface area contributed by atoms with E-state index in [9.17, 15) is 24.0 Å². The van der Waals surface area contributed by atoms with Gasteiger partial charge in [-0.05, 0) is 93.2 Å². The molecule has 2 unspecified atom stereocenters. The maximum absolute atomic E-state index is 15.6. The lowest BCUT2D eigenvalue weighted by molar-refractivity contribution is -0.136. The number of hydrogen-bond donors (Lipinski definition) is 2. The highest BCUT2D eigenvalue weighted by atomic mass is 35.5. The topological polar surface area (TPSA) is 181 Å². The van der Waals surface area contributed by atoms with Gasteiger partial charge in [-0.2, -0.15) is 5.26 Å². The van der Waals surface area contributed by atoms with Crippen LogP contribution < -0.4 is 25.2 Å². The number of nitriles is 1. The van der Waals surface area contributed by atoms with E-state index in [1.165, 1.54) is 6.07 Å². The first-order valence-electron chi connectivity index (χ1n) is 20.3. The molecule has 6 aliphatic rings. The summed E-state index contributed by atoms with van der Waals surface area (Å²) in [4.78, 5) is 71.2. The van der Waals surface area contributed by atoms with Gasteiger partial charge in [-0.25, -0.2) is 4.39 Å². The maximum atomic E-state index is 15.6. The first kappa shape index (κ1) is 38.8. The molecule has 0 spiro atoms. The number of piperazine rings is 1. The highest BCUT2D eigenvalue weighted by Gasteiger charge is 2.47. The number of anilines is 2. The Kier molecular flexibility index (Phi) is 10.4. The van der Waals surface area contributed by atoms with E-state index >= 15 is 4.39 Å². The fraction of sp³-hybridized carbons (Fsp3) is 0.476. The summed E-state index contributed by atoms with van der Waals surface area (Å²) in [7, 11) is 0. The lowest BCUT2D eigenvalue weighted by Crippen LogP contribution is -2.54. The van der Waals surface area contributed by atoms with Crippen LogP contribution in [0.3, 0.4) is 0 Å². The summed E-state index contributed by atoms with van der Waals surface area (Å²) in [6.07, 6.45) is 5.12. The molecule has 5 heterocycles. The number of aromatic nitrogens is 2. The molecule has 3 aromatic rings. The van der Waals surface area contributed by atoms with Crippen LogP contribution in [0.25, 0.3) is 0 Å². The number of fused-ring (bicyclic) bond motifs is 2. The highest BCUT2D eigenvalue weighted by Crippen LogP contribution is 2.43. The van der Waals surface area contributed by atoms with Crippen molar-refractivity contribution < 1.29 is 33.1 Å². The number of imide groups is 2. The van der Waals surface area contributed by atoms with Crippen LogP contribution in [0.4, 0.5) is 15.9 Å². The quantitative estimate of drug-likeness (QED) is 0.315. The van der Waals surface area contributed by atoms with Crippen molar-refractivity contribution in [3.05, 3.63) is 75.7 Å². The number of benzene rings is 2. The lowest BCUT2D eigenvalue weighted by Gasteiger charge is -2.39. The molecular weight excluding hydrogens is 781 g/mol. The van der Waals surface area contributed by atoms with E-state index in [-0.39, 0.29) is 47.7 Å². The molecule has 4 atom stereocenters. The van der Waals surface area contributed by atoms with Crippen molar-refractivity contribution in [3.63, 3.8) is 0 Å². The van der Waals surface area contributed by atoms with Crippen molar-refractivity contribution in [1.82, 2.24) is 30.6 Å². The van der Waals surface area contributed by atoms with Crippen LogP contribution in [0.2, 0.25) is 5.02 Å². The van der Waals surface area contributed by atoms with Gasteiger partial charge in [0, 0.05) is 63.8 Å². The van der Waals surface area contributed by atoms with E-state index in [2.05, 4.69) is 30.6 Å². The molecule has 5 amide bonds. The summed E-state index contributed by atoms with van der Waals surface area (Å²) >= 11 is 6.14. The third-order valence-corrected chi connectivity index (χ3v) is 13.3. The molecule has 3 saturated heterocycles. The second-order valence-corrected chi connectivity index (χ2v) is 16.9. The van der Waals surface area contributed by atoms with Gasteiger partial charge in [-0.3, -0.25) is 39.1 Å². The normalized spacial score (nSPS) is 27.0. The standard InChI is InChI=1S/C42H43ClFN9O6/c43-32-17-29(4-1-23(32)20-45)59-28-5-2-26(3-6-28)46-39(55)34-7-9-37(49-48-34)51-13-11-50(12-14-51)27-15-24-21-52(22-25(24)16-27)36-19-31-30(18-33(36)44)41(57)53(42(31)58)35-8-10-38(54)47-40(35)56/h1,4,7,9,17-19,24-28,35H,2-3,5-6,8,10-16,21-22H2,(H,46,55)(H,47,54,56)/t24-,25+,26?,27?,28?,35?. The average Bonchev–Trinajstić information content (AvgIpc) is 3.89. The van der Waals surface area contributed by atoms with Crippen molar-refractivity contribution in [2.24, 2.45) is 11.8 Å².